The smallest absolute Gasteiger partial charge is 0.311 e. The summed E-state index contributed by atoms with van der Waals surface area (Å²) in [5, 5.41) is 9.61. The Bertz CT molecular complexity index is 697. The van der Waals surface area contributed by atoms with Gasteiger partial charge < -0.3 is 14.7 Å². The lowest BCUT2D eigenvalue weighted by atomic mass is 9.76. The van der Waals surface area contributed by atoms with Gasteiger partial charge in [-0.15, -0.1) is 0 Å². The number of carboxylic acids is 1. The summed E-state index contributed by atoms with van der Waals surface area (Å²) in [5.74, 6) is -0.594. The van der Waals surface area contributed by atoms with E-state index in [0.717, 1.165) is 0 Å². The van der Waals surface area contributed by atoms with Gasteiger partial charge in [0.15, 0.2) is 5.78 Å². The third kappa shape index (κ3) is 3.67. The van der Waals surface area contributed by atoms with E-state index < -0.39 is 11.4 Å². The van der Waals surface area contributed by atoms with Gasteiger partial charge >= 0.3 is 5.97 Å². The maximum absolute atomic E-state index is 12.7. The molecule has 1 aromatic rings. The fraction of sp³-hybridized carbons (Fsp3) is 0.526. The molecule has 1 saturated heterocycles. The number of Topliss-reactive ketones (excluding diaryl/α,β-unsaturated/α-hetero) is 1. The van der Waals surface area contributed by atoms with E-state index in [1.807, 2.05) is 13.8 Å². The quantitative estimate of drug-likeness (QED) is 0.799. The highest BCUT2D eigenvalue weighted by molar-refractivity contribution is 5.94. The first-order valence-electron chi connectivity index (χ1n) is 8.40. The van der Waals surface area contributed by atoms with Gasteiger partial charge in [-0.3, -0.25) is 14.4 Å². The van der Waals surface area contributed by atoms with Crippen molar-refractivity contribution in [2.75, 3.05) is 20.2 Å². The second kappa shape index (κ2) is 7.25. The Balaban J connectivity index is 2.19. The molecule has 0 spiro atoms. The van der Waals surface area contributed by atoms with Gasteiger partial charge in [0.05, 0.1) is 18.9 Å². The van der Waals surface area contributed by atoms with Crippen molar-refractivity contribution < 1.29 is 24.2 Å². The zero-order chi connectivity index (χ0) is 18.8. The molecule has 0 aromatic heterocycles. The van der Waals surface area contributed by atoms with Crippen LogP contribution >= 0.6 is 0 Å². The zero-order valence-corrected chi connectivity index (χ0v) is 15.2. The average Bonchev–Trinajstić information content (AvgIpc) is 3.01. The van der Waals surface area contributed by atoms with Crippen molar-refractivity contribution in [2.24, 2.45) is 11.3 Å². The number of ketones is 1. The molecule has 0 aliphatic carbocycles. The summed E-state index contributed by atoms with van der Waals surface area (Å²) >= 11 is 0. The SMILES string of the molecule is COc1ccc(C(C)=O)cc1CC(=O)N1CCC(C(=O)O)(C(C)C)C1. The summed E-state index contributed by atoms with van der Waals surface area (Å²) in [5.41, 5.74) is 0.269. The Morgan fingerprint density at radius 1 is 1.32 bits per heavy atom. The summed E-state index contributed by atoms with van der Waals surface area (Å²) in [6, 6.07) is 5.01. The lowest BCUT2D eigenvalue weighted by molar-refractivity contribution is -0.151. The zero-order valence-electron chi connectivity index (χ0n) is 15.2. The molecule has 0 saturated carbocycles. The van der Waals surface area contributed by atoms with E-state index in [1.54, 1.807) is 23.1 Å². The maximum atomic E-state index is 12.7. The number of aliphatic carboxylic acids is 1. The highest BCUT2D eigenvalue weighted by Gasteiger charge is 2.48. The fourth-order valence-electron chi connectivity index (χ4n) is 3.35. The summed E-state index contributed by atoms with van der Waals surface area (Å²) in [7, 11) is 1.51. The Labute approximate surface area is 147 Å². The first-order valence-corrected chi connectivity index (χ1v) is 8.40. The van der Waals surface area contributed by atoms with Crippen molar-refractivity contribution in [1.82, 2.24) is 4.90 Å². The number of nitrogens with zero attached hydrogens (tertiary/aromatic N) is 1. The normalized spacial score (nSPS) is 20.0. The molecule has 6 nitrogen and oxygen atoms in total. The van der Waals surface area contributed by atoms with Crippen molar-refractivity contribution in [3.63, 3.8) is 0 Å². The van der Waals surface area contributed by atoms with Gasteiger partial charge in [0.25, 0.3) is 0 Å². The third-order valence-corrected chi connectivity index (χ3v) is 5.21. The van der Waals surface area contributed by atoms with Crippen LogP contribution in [0.3, 0.4) is 0 Å². The molecule has 1 aromatic carbocycles. The molecule has 1 aliphatic rings. The van der Waals surface area contributed by atoms with E-state index in [2.05, 4.69) is 0 Å². The van der Waals surface area contributed by atoms with Crippen molar-refractivity contribution in [1.29, 1.82) is 0 Å². The van der Waals surface area contributed by atoms with Gasteiger partial charge in [-0.25, -0.2) is 0 Å². The number of methoxy groups -OCH3 is 1. The first-order chi connectivity index (χ1) is 11.7. The number of likely N-dealkylation sites (tertiary alicyclic amines) is 1. The van der Waals surface area contributed by atoms with Crippen molar-refractivity contribution in [3.05, 3.63) is 29.3 Å². The predicted molar refractivity (Wildman–Crippen MR) is 92.8 cm³/mol. The average molecular weight is 347 g/mol. The summed E-state index contributed by atoms with van der Waals surface area (Å²) in [6.45, 7) is 5.87. The number of carboxylic acid groups (broad SMARTS) is 1. The van der Waals surface area contributed by atoms with Crippen LogP contribution in [0.15, 0.2) is 18.2 Å². The van der Waals surface area contributed by atoms with Crippen LogP contribution in [0.5, 0.6) is 5.75 Å². The molecule has 0 radical (unpaired) electrons. The minimum Gasteiger partial charge on any atom is -0.496 e. The third-order valence-electron chi connectivity index (χ3n) is 5.21. The molecule has 1 fully saturated rings. The maximum Gasteiger partial charge on any atom is 0.311 e. The van der Waals surface area contributed by atoms with Gasteiger partial charge in [-0.2, -0.15) is 0 Å². The van der Waals surface area contributed by atoms with Crippen LogP contribution in [0, 0.1) is 11.3 Å². The lowest BCUT2D eigenvalue weighted by Crippen LogP contribution is -2.41. The molecule has 1 heterocycles. The molecule has 1 unspecified atom stereocenters. The predicted octanol–water partition coefficient (Wildman–Crippen LogP) is 2.40. The number of amides is 1. The summed E-state index contributed by atoms with van der Waals surface area (Å²) < 4.78 is 5.28. The number of carbonyl (C=O) groups excluding carboxylic acids is 2. The van der Waals surface area contributed by atoms with Crippen LogP contribution < -0.4 is 4.74 Å². The standard InChI is InChI=1S/C19H25NO5/c1-12(2)19(18(23)24)7-8-20(11-19)17(22)10-15-9-14(13(3)21)5-6-16(15)25-4/h5-6,9,12H,7-8,10-11H2,1-4H3,(H,23,24). The Hall–Kier alpha value is -2.37. The fourth-order valence-corrected chi connectivity index (χ4v) is 3.35. The van der Waals surface area contributed by atoms with Crippen LogP contribution in [-0.4, -0.2) is 47.9 Å². The van der Waals surface area contributed by atoms with E-state index in [4.69, 9.17) is 4.74 Å². The molecule has 1 N–H and O–H groups in total. The van der Waals surface area contributed by atoms with Crippen LogP contribution in [-0.2, 0) is 16.0 Å². The number of benzene rings is 1. The molecule has 136 valence electrons. The van der Waals surface area contributed by atoms with E-state index in [-0.39, 0.29) is 30.6 Å². The molecular formula is C19H25NO5. The Morgan fingerprint density at radius 2 is 2.00 bits per heavy atom. The number of carbonyl (C=O) groups is 3. The van der Waals surface area contributed by atoms with Crippen LogP contribution in [0.1, 0.15) is 43.1 Å². The molecule has 6 heteroatoms. The highest BCUT2D eigenvalue weighted by Crippen LogP contribution is 2.38. The van der Waals surface area contributed by atoms with E-state index in [1.165, 1.54) is 14.0 Å². The molecule has 2 rings (SSSR count). The van der Waals surface area contributed by atoms with Crippen molar-refractivity contribution in [3.8, 4) is 5.75 Å². The summed E-state index contributed by atoms with van der Waals surface area (Å²) in [6.07, 6.45) is 0.536. The monoisotopic (exact) mass is 347 g/mol. The number of hydrogen-bond donors (Lipinski definition) is 1. The Morgan fingerprint density at radius 3 is 2.48 bits per heavy atom. The summed E-state index contributed by atoms with van der Waals surface area (Å²) in [4.78, 5) is 37.6. The van der Waals surface area contributed by atoms with Crippen molar-refractivity contribution in [2.45, 2.75) is 33.6 Å². The molecule has 1 amide bonds. The van der Waals surface area contributed by atoms with Crippen LogP contribution in [0.2, 0.25) is 0 Å². The van der Waals surface area contributed by atoms with Gasteiger partial charge in [0.2, 0.25) is 5.91 Å². The molecular weight excluding hydrogens is 322 g/mol. The van der Waals surface area contributed by atoms with Crippen LogP contribution in [0.4, 0.5) is 0 Å². The largest absolute Gasteiger partial charge is 0.496 e. The van der Waals surface area contributed by atoms with Gasteiger partial charge in [0.1, 0.15) is 5.75 Å². The number of ether oxygens (including phenoxy) is 1. The minimum absolute atomic E-state index is 0.0571. The topological polar surface area (TPSA) is 83.9 Å². The molecule has 0 bridgehead atoms. The van der Waals surface area contributed by atoms with E-state index in [0.29, 0.717) is 29.8 Å². The highest BCUT2D eigenvalue weighted by atomic mass is 16.5. The molecule has 1 atom stereocenters. The van der Waals surface area contributed by atoms with E-state index in [9.17, 15) is 19.5 Å². The number of rotatable bonds is 6. The number of hydrogen-bond acceptors (Lipinski definition) is 4. The van der Waals surface area contributed by atoms with Gasteiger partial charge in [-0.1, -0.05) is 13.8 Å². The van der Waals surface area contributed by atoms with E-state index >= 15 is 0 Å². The first kappa shape index (κ1) is 19.0. The molecule has 1 aliphatic heterocycles. The Kier molecular flexibility index (Phi) is 5.50. The second-order valence-corrected chi connectivity index (χ2v) is 6.94. The van der Waals surface area contributed by atoms with Crippen LogP contribution in [0.25, 0.3) is 0 Å². The molecule has 25 heavy (non-hydrogen) atoms. The van der Waals surface area contributed by atoms with Crippen molar-refractivity contribution >= 4 is 17.7 Å². The second-order valence-electron chi connectivity index (χ2n) is 6.94. The minimum atomic E-state index is -0.888. The van der Waals surface area contributed by atoms with Gasteiger partial charge in [0, 0.05) is 24.2 Å². The van der Waals surface area contributed by atoms with Gasteiger partial charge in [-0.05, 0) is 37.5 Å². The lowest BCUT2D eigenvalue weighted by Gasteiger charge is -2.28.